The van der Waals surface area contributed by atoms with Crippen LogP contribution in [0.25, 0.3) is 0 Å². The summed E-state index contributed by atoms with van der Waals surface area (Å²) in [5, 5.41) is 22.1. The lowest BCUT2D eigenvalue weighted by molar-refractivity contribution is -0.525. The number of nitriles is 1. The van der Waals surface area contributed by atoms with Gasteiger partial charge in [-0.3, -0.25) is 10.1 Å². The average Bonchev–Trinajstić information content (AvgIpc) is 2.74. The summed E-state index contributed by atoms with van der Waals surface area (Å²) in [7, 11) is 0. The topological polar surface area (TPSA) is 88.5 Å². The zero-order chi connectivity index (χ0) is 20.8. The Bertz CT molecular complexity index is 965. The van der Waals surface area contributed by atoms with Gasteiger partial charge >= 0.3 is 0 Å². The Balaban J connectivity index is 2.19. The van der Waals surface area contributed by atoms with E-state index in [2.05, 4.69) is 11.1 Å². The van der Waals surface area contributed by atoms with E-state index in [9.17, 15) is 15.4 Å². The van der Waals surface area contributed by atoms with Gasteiger partial charge in [0.2, 0.25) is 6.04 Å². The summed E-state index contributed by atoms with van der Waals surface area (Å²) < 4.78 is 5.22. The third-order valence-electron chi connectivity index (χ3n) is 4.77. The molecule has 1 heterocycles. The van der Waals surface area contributed by atoms with Gasteiger partial charge in [0.25, 0.3) is 0 Å². The molecular formula is C22H21N3O3S. The van der Waals surface area contributed by atoms with Crippen LogP contribution in [-0.2, 0) is 4.74 Å². The molecule has 3 rings (SSSR count). The van der Waals surface area contributed by atoms with Gasteiger partial charge in [0, 0.05) is 4.92 Å². The van der Waals surface area contributed by atoms with Gasteiger partial charge in [0.1, 0.15) is 10.3 Å². The van der Waals surface area contributed by atoms with E-state index in [0.717, 1.165) is 16.7 Å². The van der Waals surface area contributed by atoms with E-state index in [4.69, 9.17) is 4.74 Å². The van der Waals surface area contributed by atoms with Crippen LogP contribution in [0.2, 0.25) is 0 Å². The molecule has 29 heavy (non-hydrogen) atoms. The molecule has 2 aromatic carbocycles. The average molecular weight is 407 g/mol. The molecule has 0 radical (unpaired) electrons. The largest absolute Gasteiger partial charge is 0.483 e. The fraction of sp³-hybridized carbons (Fsp3) is 0.273. The molecule has 0 unspecified atom stereocenters. The lowest BCUT2D eigenvalue weighted by Crippen LogP contribution is -2.36. The number of nitrogens with zero attached hydrogens (tertiary/aromatic N) is 3. The summed E-state index contributed by atoms with van der Waals surface area (Å²) in [6.45, 7) is 4.24. The molecule has 148 valence electrons. The number of aryl methyl sites for hydroxylation is 1. The number of thioether (sulfide) groups is 1. The second-order valence-electron chi connectivity index (χ2n) is 6.63. The minimum atomic E-state index is -0.995. The van der Waals surface area contributed by atoms with Crippen molar-refractivity contribution in [3.8, 4) is 6.07 Å². The number of aliphatic imine (C=N–C) groups is 1. The Morgan fingerprint density at radius 2 is 1.90 bits per heavy atom. The summed E-state index contributed by atoms with van der Waals surface area (Å²) in [5.74, 6) is -0.698. The van der Waals surface area contributed by atoms with Gasteiger partial charge in [0.15, 0.2) is 6.40 Å². The molecule has 6 nitrogen and oxygen atoms in total. The predicted molar refractivity (Wildman–Crippen MR) is 114 cm³/mol. The first-order chi connectivity index (χ1) is 14.1. The number of rotatable bonds is 6. The normalized spacial score (nSPS) is 21.8. The summed E-state index contributed by atoms with van der Waals surface area (Å²) in [4.78, 5) is 16.3. The fourth-order valence-electron chi connectivity index (χ4n) is 3.39. The molecule has 0 saturated heterocycles. The summed E-state index contributed by atoms with van der Waals surface area (Å²) in [6.07, 6.45) is 1.31. The highest BCUT2D eigenvalue weighted by molar-refractivity contribution is 8.03. The number of nitro groups is 1. The second-order valence-corrected chi connectivity index (χ2v) is 7.76. The Morgan fingerprint density at radius 1 is 1.21 bits per heavy atom. The van der Waals surface area contributed by atoms with E-state index in [-0.39, 0.29) is 4.92 Å². The SMILES string of the molecule is CCOC=NC1=C(C#N)[C@@H](c2ccc(C)cc2)[C@@H]([N+](=O)[O-])[C@@H](c2ccccc2)S1. The summed E-state index contributed by atoms with van der Waals surface area (Å²) in [5.41, 5.74) is 2.91. The van der Waals surface area contributed by atoms with Crippen molar-refractivity contribution in [2.45, 2.75) is 31.1 Å². The molecule has 0 N–H and O–H groups in total. The Labute approximate surface area is 174 Å². The van der Waals surface area contributed by atoms with Gasteiger partial charge in [-0.2, -0.15) is 5.26 Å². The smallest absolute Gasteiger partial charge is 0.240 e. The lowest BCUT2D eigenvalue weighted by atomic mass is 9.82. The van der Waals surface area contributed by atoms with E-state index in [1.807, 2.05) is 68.4 Å². The van der Waals surface area contributed by atoms with E-state index >= 15 is 0 Å². The van der Waals surface area contributed by atoms with Gasteiger partial charge in [-0.1, -0.05) is 71.9 Å². The van der Waals surface area contributed by atoms with E-state index in [0.29, 0.717) is 17.2 Å². The zero-order valence-electron chi connectivity index (χ0n) is 16.2. The van der Waals surface area contributed by atoms with Crippen molar-refractivity contribution in [1.29, 1.82) is 5.26 Å². The van der Waals surface area contributed by atoms with Gasteiger partial charge in [0.05, 0.1) is 24.2 Å². The van der Waals surface area contributed by atoms with Gasteiger partial charge in [-0.15, -0.1) is 0 Å². The van der Waals surface area contributed by atoms with Gasteiger partial charge in [-0.05, 0) is 25.0 Å². The molecule has 1 aliphatic rings. The summed E-state index contributed by atoms with van der Waals surface area (Å²) in [6, 6.07) is 18.1. The molecular weight excluding hydrogens is 386 g/mol. The molecule has 0 spiro atoms. The first kappa shape index (κ1) is 20.6. The highest BCUT2D eigenvalue weighted by atomic mass is 32.2. The van der Waals surface area contributed by atoms with E-state index in [1.165, 1.54) is 18.2 Å². The first-order valence-corrected chi connectivity index (χ1v) is 10.1. The number of hydrogen-bond acceptors (Lipinski definition) is 6. The molecule has 2 aromatic rings. The van der Waals surface area contributed by atoms with Crippen molar-refractivity contribution in [3.63, 3.8) is 0 Å². The highest BCUT2D eigenvalue weighted by Gasteiger charge is 2.48. The van der Waals surface area contributed by atoms with Crippen LogP contribution in [0.4, 0.5) is 0 Å². The standard InChI is InChI=1S/C22H21N3O3S/c1-3-28-14-24-22-18(13-23)19(16-11-9-15(2)10-12-16)20(25(26)27)21(29-22)17-7-5-4-6-8-17/h4-12,14,19-21H,3H2,1-2H3/t19-,20-,21-/m1/s1. The lowest BCUT2D eigenvalue weighted by Gasteiger charge is -2.32. The molecule has 0 aromatic heterocycles. The van der Waals surface area contributed by atoms with Gasteiger partial charge < -0.3 is 4.74 Å². The number of benzene rings is 2. The van der Waals surface area contributed by atoms with Crippen LogP contribution in [0.1, 0.15) is 34.8 Å². The van der Waals surface area contributed by atoms with E-state index < -0.39 is 17.2 Å². The number of hydrogen-bond donors (Lipinski definition) is 0. The maximum atomic E-state index is 12.2. The Morgan fingerprint density at radius 3 is 2.48 bits per heavy atom. The second kappa shape index (κ2) is 9.39. The minimum absolute atomic E-state index is 0.268. The minimum Gasteiger partial charge on any atom is -0.483 e. The third kappa shape index (κ3) is 4.49. The number of ether oxygens (including phenoxy) is 1. The molecule has 3 atom stereocenters. The molecule has 0 aliphatic carbocycles. The molecule has 0 fully saturated rings. The van der Waals surface area contributed by atoms with Crippen LogP contribution in [0.5, 0.6) is 0 Å². The molecule has 1 aliphatic heterocycles. The van der Waals surface area contributed by atoms with Crippen LogP contribution in [-0.4, -0.2) is 24.0 Å². The van der Waals surface area contributed by atoms with Crippen molar-refractivity contribution in [2.24, 2.45) is 4.99 Å². The molecule has 0 saturated carbocycles. The van der Waals surface area contributed by atoms with Crippen molar-refractivity contribution < 1.29 is 9.66 Å². The fourth-order valence-corrected chi connectivity index (χ4v) is 4.72. The van der Waals surface area contributed by atoms with Crippen LogP contribution >= 0.6 is 11.8 Å². The van der Waals surface area contributed by atoms with Crippen LogP contribution in [0.15, 0.2) is 70.2 Å². The maximum Gasteiger partial charge on any atom is 0.240 e. The first-order valence-electron chi connectivity index (χ1n) is 9.26. The van der Waals surface area contributed by atoms with Crippen molar-refractivity contribution in [3.05, 3.63) is 92.0 Å². The molecule has 0 amide bonds. The van der Waals surface area contributed by atoms with Crippen molar-refractivity contribution in [2.75, 3.05) is 6.61 Å². The zero-order valence-corrected chi connectivity index (χ0v) is 17.0. The van der Waals surface area contributed by atoms with Gasteiger partial charge in [-0.25, -0.2) is 4.99 Å². The van der Waals surface area contributed by atoms with E-state index in [1.54, 1.807) is 0 Å². The Hall–Kier alpha value is -3.11. The Kier molecular flexibility index (Phi) is 6.68. The molecule has 0 bridgehead atoms. The summed E-state index contributed by atoms with van der Waals surface area (Å²) >= 11 is 1.24. The predicted octanol–water partition coefficient (Wildman–Crippen LogP) is 5.01. The maximum absolute atomic E-state index is 12.2. The van der Waals surface area contributed by atoms with Crippen LogP contribution in [0.3, 0.4) is 0 Å². The van der Waals surface area contributed by atoms with Crippen molar-refractivity contribution >= 4 is 18.2 Å². The van der Waals surface area contributed by atoms with Crippen LogP contribution < -0.4 is 0 Å². The third-order valence-corrected chi connectivity index (χ3v) is 6.12. The quantitative estimate of drug-likeness (QED) is 0.291. The highest BCUT2D eigenvalue weighted by Crippen LogP contribution is 2.52. The van der Waals surface area contributed by atoms with Crippen molar-refractivity contribution in [1.82, 2.24) is 0 Å². The monoisotopic (exact) mass is 407 g/mol. The van der Waals surface area contributed by atoms with Crippen LogP contribution in [0, 0.1) is 28.4 Å². The molecule has 7 heteroatoms.